The van der Waals surface area contributed by atoms with Gasteiger partial charge in [0, 0.05) is 5.56 Å². The predicted molar refractivity (Wildman–Crippen MR) is 92.7 cm³/mol. The van der Waals surface area contributed by atoms with E-state index in [-0.39, 0.29) is 0 Å². The Morgan fingerprint density at radius 2 is 1.25 bits per heavy atom. The Balaban J connectivity index is 1.56. The average molecular weight is 315 g/mol. The Morgan fingerprint density at radius 1 is 0.667 bits per heavy atom. The fraction of sp³-hybridized carbons (Fsp3) is 0.0952. The van der Waals surface area contributed by atoms with E-state index in [0.717, 1.165) is 22.6 Å². The predicted octanol–water partition coefficient (Wildman–Crippen LogP) is 4.72. The van der Waals surface area contributed by atoms with E-state index in [0.29, 0.717) is 18.8 Å². The number of nitrogens with zero attached hydrogens (tertiary/aromatic N) is 1. The lowest BCUT2D eigenvalue weighted by atomic mass is 10.1. The van der Waals surface area contributed by atoms with Crippen LogP contribution in [0.5, 0.6) is 11.5 Å². The van der Waals surface area contributed by atoms with Crippen LogP contribution in [-0.2, 0) is 13.2 Å². The highest BCUT2D eigenvalue weighted by Crippen LogP contribution is 2.20. The molecule has 0 fully saturated rings. The minimum absolute atomic E-state index is 0.369. The van der Waals surface area contributed by atoms with E-state index in [4.69, 9.17) is 14.7 Å². The third kappa shape index (κ3) is 4.15. The molecule has 0 unspecified atom stereocenters. The van der Waals surface area contributed by atoms with Crippen molar-refractivity contribution >= 4 is 0 Å². The third-order valence-corrected chi connectivity index (χ3v) is 3.60. The van der Waals surface area contributed by atoms with Gasteiger partial charge in [0.1, 0.15) is 24.7 Å². The summed E-state index contributed by atoms with van der Waals surface area (Å²) < 4.78 is 11.5. The van der Waals surface area contributed by atoms with Crippen LogP contribution < -0.4 is 9.47 Å². The molecule has 3 heteroatoms. The summed E-state index contributed by atoms with van der Waals surface area (Å²) >= 11 is 0. The molecule has 3 nitrogen and oxygen atoms in total. The van der Waals surface area contributed by atoms with Crippen LogP contribution in [-0.4, -0.2) is 0 Å². The molecule has 0 spiro atoms. The van der Waals surface area contributed by atoms with Gasteiger partial charge >= 0.3 is 0 Å². The largest absolute Gasteiger partial charge is 0.489 e. The van der Waals surface area contributed by atoms with Crippen molar-refractivity contribution in [3.8, 4) is 17.6 Å². The summed E-state index contributed by atoms with van der Waals surface area (Å²) in [6, 6.07) is 27.2. The van der Waals surface area contributed by atoms with Gasteiger partial charge < -0.3 is 9.47 Å². The molecular formula is C21H17NO2. The standard InChI is InChI=1S/C21H17NO2/c22-14-18-8-4-5-9-19(18)16-24-21-12-10-20(11-13-21)23-15-17-6-2-1-3-7-17/h1-13H,15-16H2. The van der Waals surface area contributed by atoms with Crippen molar-refractivity contribution in [2.75, 3.05) is 0 Å². The highest BCUT2D eigenvalue weighted by molar-refractivity contribution is 5.37. The lowest BCUT2D eigenvalue weighted by Crippen LogP contribution is -1.98. The number of nitriles is 1. The lowest BCUT2D eigenvalue weighted by Gasteiger charge is -2.09. The topological polar surface area (TPSA) is 42.2 Å². The Morgan fingerprint density at radius 3 is 1.92 bits per heavy atom. The molecule has 0 aromatic heterocycles. The first-order chi connectivity index (χ1) is 11.8. The quantitative estimate of drug-likeness (QED) is 0.661. The van der Waals surface area contributed by atoms with Crippen molar-refractivity contribution in [1.82, 2.24) is 0 Å². The second kappa shape index (κ2) is 7.85. The zero-order valence-electron chi connectivity index (χ0n) is 13.2. The van der Waals surface area contributed by atoms with Gasteiger partial charge in [-0.2, -0.15) is 5.26 Å². The van der Waals surface area contributed by atoms with Gasteiger partial charge in [-0.3, -0.25) is 0 Å². The molecule has 0 atom stereocenters. The van der Waals surface area contributed by atoms with E-state index in [9.17, 15) is 0 Å². The van der Waals surface area contributed by atoms with Gasteiger partial charge in [-0.05, 0) is 35.9 Å². The SMILES string of the molecule is N#Cc1ccccc1COc1ccc(OCc2ccccc2)cc1. The lowest BCUT2D eigenvalue weighted by molar-refractivity contribution is 0.297. The number of hydrogen-bond acceptors (Lipinski definition) is 3. The average Bonchev–Trinajstić information content (AvgIpc) is 2.66. The zero-order valence-corrected chi connectivity index (χ0v) is 13.2. The zero-order chi connectivity index (χ0) is 16.6. The highest BCUT2D eigenvalue weighted by Gasteiger charge is 2.02. The third-order valence-electron chi connectivity index (χ3n) is 3.60. The summed E-state index contributed by atoms with van der Waals surface area (Å²) in [4.78, 5) is 0. The highest BCUT2D eigenvalue weighted by atomic mass is 16.5. The maximum Gasteiger partial charge on any atom is 0.120 e. The van der Waals surface area contributed by atoms with Crippen molar-refractivity contribution < 1.29 is 9.47 Å². The van der Waals surface area contributed by atoms with Gasteiger partial charge in [-0.15, -0.1) is 0 Å². The second-order valence-electron chi connectivity index (χ2n) is 5.30. The molecule has 0 saturated heterocycles. The molecule has 3 aromatic carbocycles. The molecule has 0 aliphatic heterocycles. The van der Waals surface area contributed by atoms with Gasteiger partial charge in [-0.1, -0.05) is 48.5 Å². The van der Waals surface area contributed by atoms with Crippen LogP contribution in [0, 0.1) is 11.3 Å². The minimum Gasteiger partial charge on any atom is -0.489 e. The first kappa shape index (κ1) is 15.6. The molecule has 0 aliphatic carbocycles. The summed E-state index contributed by atoms with van der Waals surface area (Å²) in [5.74, 6) is 1.54. The Hall–Kier alpha value is -3.25. The van der Waals surface area contributed by atoms with Gasteiger partial charge in [0.2, 0.25) is 0 Å². The van der Waals surface area contributed by atoms with Gasteiger partial charge in [0.05, 0.1) is 11.6 Å². The van der Waals surface area contributed by atoms with E-state index in [2.05, 4.69) is 6.07 Å². The van der Waals surface area contributed by atoms with E-state index >= 15 is 0 Å². The van der Waals surface area contributed by atoms with Crippen molar-refractivity contribution in [1.29, 1.82) is 5.26 Å². The van der Waals surface area contributed by atoms with E-state index in [1.807, 2.05) is 72.8 Å². The summed E-state index contributed by atoms with van der Waals surface area (Å²) in [5, 5.41) is 9.08. The van der Waals surface area contributed by atoms with Crippen molar-refractivity contribution in [3.63, 3.8) is 0 Å². The molecular weight excluding hydrogens is 298 g/mol. The summed E-state index contributed by atoms with van der Waals surface area (Å²) in [6.45, 7) is 0.907. The monoisotopic (exact) mass is 315 g/mol. The van der Waals surface area contributed by atoms with Crippen molar-refractivity contribution in [3.05, 3.63) is 95.6 Å². The smallest absolute Gasteiger partial charge is 0.120 e. The number of benzene rings is 3. The fourth-order valence-corrected chi connectivity index (χ4v) is 2.29. The number of ether oxygens (including phenoxy) is 2. The molecule has 118 valence electrons. The summed E-state index contributed by atoms with van der Waals surface area (Å²) in [7, 11) is 0. The number of hydrogen-bond donors (Lipinski definition) is 0. The van der Waals surface area contributed by atoms with Crippen LogP contribution in [0.1, 0.15) is 16.7 Å². The molecule has 24 heavy (non-hydrogen) atoms. The summed E-state index contributed by atoms with van der Waals surface area (Å²) in [5.41, 5.74) is 2.65. The van der Waals surface area contributed by atoms with E-state index in [1.54, 1.807) is 6.07 Å². The molecule has 3 rings (SSSR count). The maximum atomic E-state index is 9.08. The molecule has 0 aliphatic rings. The normalized spacial score (nSPS) is 9.96. The van der Waals surface area contributed by atoms with Crippen LogP contribution in [0.15, 0.2) is 78.9 Å². The first-order valence-corrected chi connectivity index (χ1v) is 7.73. The molecule has 0 radical (unpaired) electrons. The molecule has 0 amide bonds. The van der Waals surface area contributed by atoms with Gasteiger partial charge in [0.15, 0.2) is 0 Å². The first-order valence-electron chi connectivity index (χ1n) is 7.73. The van der Waals surface area contributed by atoms with Crippen molar-refractivity contribution in [2.45, 2.75) is 13.2 Å². The van der Waals surface area contributed by atoms with Crippen LogP contribution >= 0.6 is 0 Å². The molecule has 0 saturated carbocycles. The molecule has 0 heterocycles. The van der Waals surface area contributed by atoms with Crippen LogP contribution in [0.2, 0.25) is 0 Å². The van der Waals surface area contributed by atoms with Crippen LogP contribution in [0.3, 0.4) is 0 Å². The Kier molecular flexibility index (Phi) is 5.11. The summed E-state index contributed by atoms with van der Waals surface area (Å²) in [6.07, 6.45) is 0. The second-order valence-corrected chi connectivity index (χ2v) is 5.30. The van der Waals surface area contributed by atoms with Crippen LogP contribution in [0.4, 0.5) is 0 Å². The molecule has 0 N–H and O–H groups in total. The van der Waals surface area contributed by atoms with Crippen molar-refractivity contribution in [2.24, 2.45) is 0 Å². The maximum absolute atomic E-state index is 9.08. The van der Waals surface area contributed by atoms with Gasteiger partial charge in [0.25, 0.3) is 0 Å². The van der Waals surface area contributed by atoms with Crippen LogP contribution in [0.25, 0.3) is 0 Å². The Bertz CT molecular complexity index is 820. The Labute approximate surface area is 141 Å². The molecule has 0 bridgehead atoms. The number of rotatable bonds is 6. The van der Waals surface area contributed by atoms with E-state index < -0.39 is 0 Å². The molecule has 3 aromatic rings. The van der Waals surface area contributed by atoms with E-state index in [1.165, 1.54) is 0 Å². The fourth-order valence-electron chi connectivity index (χ4n) is 2.29. The van der Waals surface area contributed by atoms with Gasteiger partial charge in [-0.25, -0.2) is 0 Å². The minimum atomic E-state index is 0.369.